The summed E-state index contributed by atoms with van der Waals surface area (Å²) in [5.41, 5.74) is 0. The molecule has 0 saturated heterocycles. The third-order valence-corrected chi connectivity index (χ3v) is 5.54. The molecule has 0 fully saturated rings. The highest BCUT2D eigenvalue weighted by Crippen LogP contribution is 2.36. The van der Waals surface area contributed by atoms with E-state index in [9.17, 15) is 0 Å². The van der Waals surface area contributed by atoms with Crippen LogP contribution in [0, 0.1) is 0 Å². The Morgan fingerprint density at radius 3 is 2.41 bits per heavy atom. The Hall–Kier alpha value is 0.470. The molecule has 0 N–H and O–H groups in total. The summed E-state index contributed by atoms with van der Waals surface area (Å²) in [6, 6.07) is 2.08. The van der Waals surface area contributed by atoms with Gasteiger partial charge >= 0.3 is 0 Å². The van der Waals surface area contributed by atoms with Crippen LogP contribution in [0.5, 0.6) is 0 Å². The zero-order chi connectivity index (χ0) is 12.5. The van der Waals surface area contributed by atoms with Gasteiger partial charge in [-0.3, -0.25) is 0 Å². The van der Waals surface area contributed by atoms with E-state index in [1.165, 1.54) is 54.3 Å². The van der Waals surface area contributed by atoms with Crippen LogP contribution in [-0.4, -0.2) is 0 Å². The molecule has 17 heavy (non-hydrogen) atoms. The summed E-state index contributed by atoms with van der Waals surface area (Å²) in [6.45, 7) is 2.26. The zero-order valence-electron chi connectivity index (χ0n) is 10.6. The van der Waals surface area contributed by atoms with Crippen LogP contribution in [0.25, 0.3) is 0 Å². The minimum Gasteiger partial charge on any atom is -0.146 e. The molecular weight excluding hydrogens is 316 g/mol. The third kappa shape index (κ3) is 6.26. The summed E-state index contributed by atoms with van der Waals surface area (Å²) >= 11 is 11.7. The SMILES string of the molecule is CCCCCCCCCC(Cl)c1sccc1Br. The molecule has 3 heteroatoms. The Kier molecular flexibility index (Phi) is 8.59. The van der Waals surface area contributed by atoms with E-state index in [2.05, 4.69) is 34.3 Å². The number of rotatable bonds is 9. The predicted octanol–water partition coefficient (Wildman–Crippen LogP) is 6.93. The van der Waals surface area contributed by atoms with Crippen molar-refractivity contribution in [1.82, 2.24) is 0 Å². The topological polar surface area (TPSA) is 0 Å². The lowest BCUT2D eigenvalue weighted by Gasteiger charge is -2.08. The van der Waals surface area contributed by atoms with Gasteiger partial charge in [-0.2, -0.15) is 0 Å². The average molecular weight is 338 g/mol. The first-order chi connectivity index (χ1) is 8.25. The highest BCUT2D eigenvalue weighted by Gasteiger charge is 2.12. The van der Waals surface area contributed by atoms with Crippen LogP contribution in [0.1, 0.15) is 68.5 Å². The van der Waals surface area contributed by atoms with Gasteiger partial charge in [0.05, 0.1) is 5.38 Å². The van der Waals surface area contributed by atoms with Crippen LogP contribution in [0.4, 0.5) is 0 Å². The van der Waals surface area contributed by atoms with Crippen molar-refractivity contribution >= 4 is 38.9 Å². The number of unbranched alkanes of at least 4 members (excludes halogenated alkanes) is 6. The van der Waals surface area contributed by atoms with E-state index in [1.54, 1.807) is 11.3 Å². The fraction of sp³-hybridized carbons (Fsp3) is 0.714. The van der Waals surface area contributed by atoms with Crippen molar-refractivity contribution < 1.29 is 0 Å². The second-order valence-corrected chi connectivity index (χ2v) is 6.84. The molecule has 1 atom stereocenters. The molecule has 0 aromatic carbocycles. The van der Waals surface area contributed by atoms with Gasteiger partial charge in [0.2, 0.25) is 0 Å². The summed E-state index contributed by atoms with van der Waals surface area (Å²) in [7, 11) is 0. The highest BCUT2D eigenvalue weighted by atomic mass is 79.9. The van der Waals surface area contributed by atoms with Gasteiger partial charge in [-0.15, -0.1) is 22.9 Å². The number of hydrogen-bond acceptors (Lipinski definition) is 1. The van der Waals surface area contributed by atoms with Crippen LogP contribution in [0.15, 0.2) is 15.9 Å². The third-order valence-electron chi connectivity index (χ3n) is 2.99. The summed E-state index contributed by atoms with van der Waals surface area (Å²) < 4.78 is 1.17. The molecule has 1 rings (SSSR count). The maximum atomic E-state index is 6.40. The Morgan fingerprint density at radius 2 is 1.82 bits per heavy atom. The summed E-state index contributed by atoms with van der Waals surface area (Å²) in [6.07, 6.45) is 10.6. The fourth-order valence-electron chi connectivity index (χ4n) is 1.94. The van der Waals surface area contributed by atoms with E-state index in [1.807, 2.05) is 0 Å². The molecule has 1 unspecified atom stereocenters. The van der Waals surface area contributed by atoms with Crippen LogP contribution in [-0.2, 0) is 0 Å². The van der Waals surface area contributed by atoms with Gasteiger partial charge in [0.1, 0.15) is 0 Å². The largest absolute Gasteiger partial charge is 0.146 e. The van der Waals surface area contributed by atoms with Crippen molar-refractivity contribution in [3.8, 4) is 0 Å². The Labute approximate surface area is 123 Å². The van der Waals surface area contributed by atoms with Gasteiger partial charge in [-0.05, 0) is 33.8 Å². The number of hydrogen-bond donors (Lipinski definition) is 0. The smallest absolute Gasteiger partial charge is 0.0689 e. The molecule has 0 aliphatic carbocycles. The quantitative estimate of drug-likeness (QED) is 0.338. The van der Waals surface area contributed by atoms with Crippen molar-refractivity contribution in [1.29, 1.82) is 0 Å². The van der Waals surface area contributed by atoms with Gasteiger partial charge in [0.15, 0.2) is 0 Å². The van der Waals surface area contributed by atoms with Crippen LogP contribution >= 0.6 is 38.9 Å². The number of halogens is 2. The maximum Gasteiger partial charge on any atom is 0.0689 e. The molecule has 0 aliphatic rings. The molecule has 0 spiro atoms. The maximum absolute atomic E-state index is 6.40. The number of thiophene rings is 1. The second kappa shape index (κ2) is 9.41. The summed E-state index contributed by atoms with van der Waals surface area (Å²) in [5.74, 6) is 0. The van der Waals surface area contributed by atoms with E-state index in [-0.39, 0.29) is 5.38 Å². The van der Waals surface area contributed by atoms with E-state index in [0.29, 0.717) is 0 Å². The first kappa shape index (κ1) is 15.5. The van der Waals surface area contributed by atoms with E-state index in [4.69, 9.17) is 11.6 Å². The van der Waals surface area contributed by atoms with Crippen LogP contribution < -0.4 is 0 Å². The van der Waals surface area contributed by atoms with Gasteiger partial charge in [0.25, 0.3) is 0 Å². The van der Waals surface area contributed by atoms with Crippen LogP contribution in [0.3, 0.4) is 0 Å². The molecule has 0 radical (unpaired) electrons. The Balaban J connectivity index is 2.05. The average Bonchev–Trinajstić information content (AvgIpc) is 2.74. The standard InChI is InChI=1S/C14H22BrClS/c1-2-3-4-5-6-7-8-9-13(16)14-12(15)10-11-17-14/h10-11,13H,2-9H2,1H3. The van der Waals surface area contributed by atoms with Crippen molar-refractivity contribution in [3.05, 3.63) is 20.8 Å². The first-order valence-electron chi connectivity index (χ1n) is 6.62. The lowest BCUT2D eigenvalue weighted by atomic mass is 10.1. The molecule has 0 aliphatic heterocycles. The van der Waals surface area contributed by atoms with E-state index in [0.717, 1.165) is 6.42 Å². The molecule has 1 aromatic heterocycles. The second-order valence-electron chi connectivity index (χ2n) is 4.51. The predicted molar refractivity (Wildman–Crippen MR) is 83.2 cm³/mol. The van der Waals surface area contributed by atoms with Gasteiger partial charge < -0.3 is 0 Å². The van der Waals surface area contributed by atoms with Gasteiger partial charge in [-0.25, -0.2) is 0 Å². The molecule has 0 amide bonds. The normalized spacial score (nSPS) is 12.9. The molecule has 1 heterocycles. The van der Waals surface area contributed by atoms with Gasteiger partial charge in [0, 0.05) is 9.35 Å². The summed E-state index contributed by atoms with van der Waals surface area (Å²) in [5, 5.41) is 2.29. The Morgan fingerprint density at radius 1 is 1.18 bits per heavy atom. The highest BCUT2D eigenvalue weighted by molar-refractivity contribution is 9.10. The lowest BCUT2D eigenvalue weighted by molar-refractivity contribution is 0.573. The number of alkyl halides is 1. The van der Waals surface area contributed by atoms with Crippen molar-refractivity contribution in [2.24, 2.45) is 0 Å². The minimum absolute atomic E-state index is 0.194. The monoisotopic (exact) mass is 336 g/mol. The summed E-state index contributed by atoms with van der Waals surface area (Å²) in [4.78, 5) is 1.29. The first-order valence-corrected chi connectivity index (χ1v) is 8.73. The van der Waals surface area contributed by atoms with Crippen molar-refractivity contribution in [3.63, 3.8) is 0 Å². The minimum atomic E-state index is 0.194. The molecule has 0 bridgehead atoms. The zero-order valence-corrected chi connectivity index (χ0v) is 13.7. The Bertz CT molecular complexity index is 298. The van der Waals surface area contributed by atoms with E-state index >= 15 is 0 Å². The van der Waals surface area contributed by atoms with E-state index < -0.39 is 0 Å². The lowest BCUT2D eigenvalue weighted by Crippen LogP contribution is -1.88. The molecule has 98 valence electrons. The van der Waals surface area contributed by atoms with Crippen molar-refractivity contribution in [2.75, 3.05) is 0 Å². The molecule has 1 aromatic rings. The van der Waals surface area contributed by atoms with Crippen LogP contribution in [0.2, 0.25) is 0 Å². The molecule has 0 nitrogen and oxygen atoms in total. The van der Waals surface area contributed by atoms with Crippen molar-refractivity contribution in [2.45, 2.75) is 63.7 Å². The molecular formula is C14H22BrClS. The fourth-order valence-corrected chi connectivity index (χ4v) is 4.16. The molecule has 0 saturated carbocycles. The van der Waals surface area contributed by atoms with Gasteiger partial charge in [-0.1, -0.05) is 51.9 Å².